The van der Waals surface area contributed by atoms with E-state index in [1.807, 2.05) is 24.3 Å². The molecule has 1 N–H and O–H groups in total. The topological polar surface area (TPSA) is 50.8 Å². The van der Waals surface area contributed by atoms with Gasteiger partial charge in [0.25, 0.3) is 0 Å². The summed E-state index contributed by atoms with van der Waals surface area (Å²) in [5.74, 6) is 0.757. The lowest BCUT2D eigenvalue weighted by Crippen LogP contribution is -2.46. The van der Waals surface area contributed by atoms with Crippen molar-refractivity contribution in [3.05, 3.63) is 28.7 Å². The summed E-state index contributed by atoms with van der Waals surface area (Å²) in [6.45, 7) is 3.66. The second kappa shape index (κ2) is 7.35. The molecule has 2 rings (SSSR count). The molecule has 1 aliphatic heterocycles. The van der Waals surface area contributed by atoms with Crippen LogP contribution >= 0.6 is 15.9 Å². The van der Waals surface area contributed by atoms with Crippen LogP contribution < -0.4 is 10.1 Å². The van der Waals surface area contributed by atoms with E-state index in [2.05, 4.69) is 21.2 Å². The number of carbonyl (C=O) groups is 1. The first-order chi connectivity index (χ1) is 9.25. The molecule has 1 heterocycles. The van der Waals surface area contributed by atoms with E-state index < -0.39 is 0 Å². The lowest BCUT2D eigenvalue weighted by Gasteiger charge is -2.26. The molecule has 0 saturated carbocycles. The molecule has 1 aliphatic rings. The summed E-state index contributed by atoms with van der Waals surface area (Å²) in [5.41, 5.74) is 0. The molecule has 1 aromatic rings. The fourth-order valence-corrected chi connectivity index (χ4v) is 2.16. The highest BCUT2D eigenvalue weighted by molar-refractivity contribution is 9.10. The van der Waals surface area contributed by atoms with E-state index in [9.17, 15) is 4.79 Å². The largest absolute Gasteiger partial charge is 0.490 e. The van der Waals surface area contributed by atoms with Crippen LogP contribution in [0.1, 0.15) is 0 Å². The molecule has 104 valence electrons. The van der Waals surface area contributed by atoms with Crippen LogP contribution in [0, 0.1) is 0 Å². The van der Waals surface area contributed by atoms with Crippen LogP contribution in [0.3, 0.4) is 0 Å². The second-order valence-corrected chi connectivity index (χ2v) is 5.07. The van der Waals surface area contributed by atoms with Crippen molar-refractivity contribution in [3.8, 4) is 5.75 Å². The van der Waals surface area contributed by atoms with Crippen LogP contribution in [0.2, 0.25) is 0 Å². The third kappa shape index (κ3) is 4.72. The lowest BCUT2D eigenvalue weighted by molar-refractivity contribution is 0.0844. The number of benzene rings is 1. The highest BCUT2D eigenvalue weighted by atomic mass is 79.9. The first-order valence-electron chi connectivity index (χ1n) is 6.26. The third-order valence-corrected chi connectivity index (χ3v) is 3.24. The molecule has 0 radical (unpaired) electrons. The van der Waals surface area contributed by atoms with Crippen LogP contribution in [0.4, 0.5) is 4.79 Å². The van der Waals surface area contributed by atoms with Gasteiger partial charge in [-0.15, -0.1) is 0 Å². The first-order valence-corrected chi connectivity index (χ1v) is 7.06. The van der Waals surface area contributed by atoms with Gasteiger partial charge in [-0.2, -0.15) is 0 Å². The maximum Gasteiger partial charge on any atom is 0.409 e. The number of hydrogen-bond acceptors (Lipinski definition) is 4. The van der Waals surface area contributed by atoms with Gasteiger partial charge in [0.2, 0.25) is 0 Å². The zero-order chi connectivity index (χ0) is 13.5. The Morgan fingerprint density at radius 3 is 2.84 bits per heavy atom. The van der Waals surface area contributed by atoms with E-state index in [0.29, 0.717) is 19.7 Å². The van der Waals surface area contributed by atoms with Crippen molar-refractivity contribution >= 4 is 22.0 Å². The normalized spacial score (nSPS) is 15.1. The van der Waals surface area contributed by atoms with Gasteiger partial charge in [-0.1, -0.05) is 22.0 Å². The quantitative estimate of drug-likeness (QED) is 0.857. The van der Waals surface area contributed by atoms with Gasteiger partial charge in [-0.25, -0.2) is 4.79 Å². The van der Waals surface area contributed by atoms with Crippen molar-refractivity contribution in [2.45, 2.75) is 0 Å². The summed E-state index contributed by atoms with van der Waals surface area (Å²) >= 11 is 3.37. The van der Waals surface area contributed by atoms with Gasteiger partial charge in [0, 0.05) is 30.7 Å². The van der Waals surface area contributed by atoms with Crippen molar-refractivity contribution in [2.24, 2.45) is 0 Å². The van der Waals surface area contributed by atoms with Gasteiger partial charge >= 0.3 is 6.09 Å². The van der Waals surface area contributed by atoms with Crippen molar-refractivity contribution in [1.82, 2.24) is 10.2 Å². The number of nitrogens with one attached hydrogen (secondary N) is 1. The molecule has 0 atom stereocenters. The Hall–Kier alpha value is -1.27. The number of halogens is 1. The minimum Gasteiger partial charge on any atom is -0.490 e. The van der Waals surface area contributed by atoms with E-state index in [4.69, 9.17) is 9.47 Å². The standard InChI is InChI=1S/C13H17BrN2O3/c14-11-2-1-3-12(10-11)18-8-9-19-13(17)16-6-4-15-5-7-16/h1-3,10,15H,4-9H2. The van der Waals surface area contributed by atoms with Crippen LogP contribution in [-0.2, 0) is 4.74 Å². The maximum absolute atomic E-state index is 11.7. The van der Waals surface area contributed by atoms with Crippen molar-refractivity contribution in [2.75, 3.05) is 39.4 Å². The Labute approximate surface area is 121 Å². The summed E-state index contributed by atoms with van der Waals surface area (Å²) in [6.07, 6.45) is -0.264. The minimum absolute atomic E-state index is 0.259. The molecule has 1 saturated heterocycles. The second-order valence-electron chi connectivity index (χ2n) is 4.16. The Balaban J connectivity index is 1.65. The zero-order valence-electron chi connectivity index (χ0n) is 10.6. The maximum atomic E-state index is 11.7. The number of nitrogens with zero attached hydrogens (tertiary/aromatic N) is 1. The summed E-state index contributed by atoms with van der Waals surface area (Å²) in [4.78, 5) is 13.4. The Morgan fingerprint density at radius 2 is 2.11 bits per heavy atom. The van der Waals surface area contributed by atoms with E-state index >= 15 is 0 Å². The van der Waals surface area contributed by atoms with Crippen molar-refractivity contribution < 1.29 is 14.3 Å². The van der Waals surface area contributed by atoms with Gasteiger partial charge < -0.3 is 19.7 Å². The number of rotatable bonds is 4. The highest BCUT2D eigenvalue weighted by Crippen LogP contribution is 2.17. The van der Waals surface area contributed by atoms with Gasteiger partial charge in [0.1, 0.15) is 19.0 Å². The Kier molecular flexibility index (Phi) is 5.47. The number of amides is 1. The van der Waals surface area contributed by atoms with Crippen molar-refractivity contribution in [3.63, 3.8) is 0 Å². The number of carbonyl (C=O) groups excluding carboxylic acids is 1. The lowest BCUT2D eigenvalue weighted by atomic mass is 10.3. The van der Waals surface area contributed by atoms with Gasteiger partial charge in [-0.3, -0.25) is 0 Å². The average molecular weight is 329 g/mol. The summed E-state index contributed by atoms with van der Waals surface area (Å²) in [7, 11) is 0. The summed E-state index contributed by atoms with van der Waals surface area (Å²) < 4.78 is 11.6. The molecule has 1 aromatic carbocycles. The molecule has 0 bridgehead atoms. The fourth-order valence-electron chi connectivity index (χ4n) is 1.78. The molecule has 0 aliphatic carbocycles. The zero-order valence-corrected chi connectivity index (χ0v) is 12.2. The fraction of sp³-hybridized carbons (Fsp3) is 0.462. The van der Waals surface area contributed by atoms with Gasteiger partial charge in [0.05, 0.1) is 0 Å². The summed E-state index contributed by atoms with van der Waals surface area (Å²) in [5, 5.41) is 3.19. The van der Waals surface area contributed by atoms with Crippen LogP contribution in [0.5, 0.6) is 5.75 Å². The van der Waals surface area contributed by atoms with E-state index in [0.717, 1.165) is 23.3 Å². The molecule has 5 nitrogen and oxygen atoms in total. The van der Waals surface area contributed by atoms with Gasteiger partial charge in [0.15, 0.2) is 0 Å². The van der Waals surface area contributed by atoms with Crippen LogP contribution in [0.25, 0.3) is 0 Å². The molecule has 0 aromatic heterocycles. The van der Waals surface area contributed by atoms with Gasteiger partial charge in [-0.05, 0) is 18.2 Å². The monoisotopic (exact) mass is 328 g/mol. The molecule has 1 amide bonds. The Morgan fingerprint density at radius 1 is 1.32 bits per heavy atom. The number of piperazine rings is 1. The molecular formula is C13H17BrN2O3. The molecular weight excluding hydrogens is 312 g/mol. The molecule has 19 heavy (non-hydrogen) atoms. The van der Waals surface area contributed by atoms with E-state index in [1.54, 1.807) is 4.90 Å². The first kappa shape index (κ1) is 14.1. The predicted octanol–water partition coefficient (Wildman–Crippen LogP) is 1.87. The van der Waals surface area contributed by atoms with Crippen LogP contribution in [-0.4, -0.2) is 50.4 Å². The van der Waals surface area contributed by atoms with Crippen LogP contribution in [0.15, 0.2) is 28.7 Å². The molecule has 1 fully saturated rings. The molecule has 0 unspecified atom stereocenters. The number of hydrogen-bond donors (Lipinski definition) is 1. The van der Waals surface area contributed by atoms with Crippen molar-refractivity contribution in [1.29, 1.82) is 0 Å². The summed E-state index contributed by atoms with van der Waals surface area (Å²) in [6, 6.07) is 7.56. The van der Waals surface area contributed by atoms with E-state index in [1.165, 1.54) is 0 Å². The van der Waals surface area contributed by atoms with E-state index in [-0.39, 0.29) is 12.7 Å². The Bertz CT molecular complexity index is 422. The number of ether oxygens (including phenoxy) is 2. The molecule has 0 spiro atoms. The predicted molar refractivity (Wildman–Crippen MR) is 75.4 cm³/mol. The SMILES string of the molecule is O=C(OCCOc1cccc(Br)c1)N1CCNCC1. The third-order valence-electron chi connectivity index (χ3n) is 2.75. The smallest absolute Gasteiger partial charge is 0.409 e. The highest BCUT2D eigenvalue weighted by Gasteiger charge is 2.16. The minimum atomic E-state index is -0.264. The average Bonchev–Trinajstić information content (AvgIpc) is 2.44. The molecule has 6 heteroatoms.